The van der Waals surface area contributed by atoms with Crippen LogP contribution in [0.25, 0.3) is 0 Å². The topological polar surface area (TPSA) is 12.0 Å². The van der Waals surface area contributed by atoms with Gasteiger partial charge in [0.2, 0.25) is 0 Å². The Morgan fingerprint density at radius 2 is 2.14 bits per heavy atom. The molecule has 0 fully saturated rings. The fourth-order valence-electron chi connectivity index (χ4n) is 2.01. The fourth-order valence-corrected chi connectivity index (χ4v) is 2.42. The highest BCUT2D eigenvalue weighted by atomic mass is 35.5. The van der Waals surface area contributed by atoms with Crippen molar-refractivity contribution >= 4 is 17.3 Å². The van der Waals surface area contributed by atoms with E-state index in [1.54, 1.807) is 6.07 Å². The fraction of sp³-hybridized carbons (Fsp3) is 0.455. The molecule has 0 spiro atoms. The molecule has 0 aromatic heterocycles. The minimum absolute atomic E-state index is 0.0419. The summed E-state index contributed by atoms with van der Waals surface area (Å²) in [4.78, 5) is 0. The number of fused-ring (bicyclic) bond motifs is 1. The highest BCUT2D eigenvalue weighted by Gasteiger charge is 2.31. The smallest absolute Gasteiger partial charge is 0.146 e. The van der Waals surface area contributed by atoms with Crippen LogP contribution in [0.15, 0.2) is 12.1 Å². The highest BCUT2D eigenvalue weighted by Crippen LogP contribution is 2.42. The minimum atomic E-state index is -0.211. The molecule has 1 aliphatic heterocycles. The minimum Gasteiger partial charge on any atom is -0.382 e. The van der Waals surface area contributed by atoms with E-state index in [0.717, 1.165) is 18.5 Å². The van der Waals surface area contributed by atoms with Crippen LogP contribution in [0.5, 0.6) is 0 Å². The number of halogens is 2. The second-order valence-corrected chi connectivity index (χ2v) is 4.75. The number of rotatable bonds is 0. The zero-order valence-corrected chi connectivity index (χ0v) is 9.08. The lowest BCUT2D eigenvalue weighted by molar-refractivity contribution is 0.475. The van der Waals surface area contributed by atoms with Crippen molar-refractivity contribution in [2.24, 2.45) is 0 Å². The van der Waals surface area contributed by atoms with Gasteiger partial charge in [0, 0.05) is 17.1 Å². The van der Waals surface area contributed by atoms with E-state index in [-0.39, 0.29) is 11.2 Å². The summed E-state index contributed by atoms with van der Waals surface area (Å²) in [6.07, 6.45) is 0.975. The van der Waals surface area contributed by atoms with E-state index in [0.29, 0.717) is 10.7 Å². The highest BCUT2D eigenvalue weighted by molar-refractivity contribution is 6.32. The quantitative estimate of drug-likeness (QED) is 0.695. The monoisotopic (exact) mass is 213 g/mol. The first-order valence-electron chi connectivity index (χ1n) is 4.75. The number of anilines is 1. The second-order valence-electron chi connectivity index (χ2n) is 4.34. The molecule has 0 bridgehead atoms. The Morgan fingerprint density at radius 3 is 2.79 bits per heavy atom. The van der Waals surface area contributed by atoms with Crippen molar-refractivity contribution in [1.29, 1.82) is 0 Å². The van der Waals surface area contributed by atoms with E-state index in [9.17, 15) is 4.39 Å². The van der Waals surface area contributed by atoms with Gasteiger partial charge in [-0.1, -0.05) is 25.4 Å². The summed E-state index contributed by atoms with van der Waals surface area (Å²) in [5, 5.41) is 3.72. The van der Waals surface area contributed by atoms with Crippen molar-refractivity contribution < 1.29 is 4.39 Å². The molecule has 0 aliphatic carbocycles. The van der Waals surface area contributed by atoms with Gasteiger partial charge in [-0.2, -0.15) is 0 Å². The third kappa shape index (κ3) is 1.38. The molecular formula is C11H13ClFN. The van der Waals surface area contributed by atoms with Crippen LogP contribution in [0.2, 0.25) is 5.02 Å². The standard InChI is InChI=1S/C11H13ClFN/c1-11(2)5-6-14-10-8(13)4-3-7(12)9(10)11/h3-4,14H,5-6H2,1-2H3. The lowest BCUT2D eigenvalue weighted by atomic mass is 9.78. The maximum absolute atomic E-state index is 13.5. The second kappa shape index (κ2) is 3.13. The molecule has 0 saturated heterocycles. The molecule has 1 aromatic carbocycles. The Bertz CT molecular complexity index is 374. The molecule has 76 valence electrons. The van der Waals surface area contributed by atoms with Gasteiger partial charge in [-0.3, -0.25) is 0 Å². The van der Waals surface area contributed by atoms with Gasteiger partial charge < -0.3 is 5.32 Å². The van der Waals surface area contributed by atoms with Gasteiger partial charge in [-0.05, 0) is 24.0 Å². The summed E-state index contributed by atoms with van der Waals surface area (Å²) in [6, 6.07) is 3.04. The first-order valence-corrected chi connectivity index (χ1v) is 5.12. The summed E-state index contributed by atoms with van der Waals surface area (Å²) in [5.74, 6) is -0.211. The Hall–Kier alpha value is -0.760. The van der Waals surface area contributed by atoms with E-state index in [1.807, 2.05) is 0 Å². The van der Waals surface area contributed by atoms with Crippen molar-refractivity contribution in [3.05, 3.63) is 28.5 Å². The van der Waals surface area contributed by atoms with Gasteiger partial charge in [0.25, 0.3) is 0 Å². The summed E-state index contributed by atoms with van der Waals surface area (Å²) in [7, 11) is 0. The lowest BCUT2D eigenvalue weighted by Crippen LogP contribution is -2.29. The largest absolute Gasteiger partial charge is 0.382 e. The van der Waals surface area contributed by atoms with Crippen LogP contribution in [0, 0.1) is 5.82 Å². The van der Waals surface area contributed by atoms with Gasteiger partial charge in [0.05, 0.1) is 5.69 Å². The molecule has 1 aromatic rings. The molecule has 1 aliphatic rings. The van der Waals surface area contributed by atoms with E-state index >= 15 is 0 Å². The van der Waals surface area contributed by atoms with Crippen molar-refractivity contribution in [2.45, 2.75) is 25.7 Å². The van der Waals surface area contributed by atoms with Gasteiger partial charge in [-0.25, -0.2) is 4.39 Å². The van der Waals surface area contributed by atoms with Crippen LogP contribution in [0.4, 0.5) is 10.1 Å². The van der Waals surface area contributed by atoms with Crippen LogP contribution < -0.4 is 5.32 Å². The van der Waals surface area contributed by atoms with E-state index in [2.05, 4.69) is 19.2 Å². The summed E-state index contributed by atoms with van der Waals surface area (Å²) >= 11 is 6.09. The molecule has 1 N–H and O–H groups in total. The van der Waals surface area contributed by atoms with Crippen LogP contribution in [-0.2, 0) is 5.41 Å². The first-order chi connectivity index (χ1) is 6.52. The normalized spacial score (nSPS) is 18.6. The molecule has 0 amide bonds. The molecule has 0 atom stereocenters. The van der Waals surface area contributed by atoms with Crippen molar-refractivity contribution in [3.8, 4) is 0 Å². The molecule has 1 nitrogen and oxygen atoms in total. The van der Waals surface area contributed by atoms with Gasteiger partial charge in [0.15, 0.2) is 0 Å². The van der Waals surface area contributed by atoms with Crippen LogP contribution in [0.1, 0.15) is 25.8 Å². The Balaban J connectivity index is 2.67. The van der Waals surface area contributed by atoms with E-state index in [1.165, 1.54) is 6.07 Å². The first kappa shape index (κ1) is 9.78. The molecule has 2 rings (SSSR count). The van der Waals surface area contributed by atoms with Crippen LogP contribution >= 0.6 is 11.6 Å². The van der Waals surface area contributed by atoms with Gasteiger partial charge in [0.1, 0.15) is 5.82 Å². The Kier molecular flexibility index (Phi) is 2.18. The van der Waals surface area contributed by atoms with Crippen LogP contribution in [0.3, 0.4) is 0 Å². The molecule has 1 heterocycles. The zero-order valence-electron chi connectivity index (χ0n) is 8.32. The van der Waals surface area contributed by atoms with E-state index < -0.39 is 0 Å². The molecule has 0 saturated carbocycles. The molecule has 14 heavy (non-hydrogen) atoms. The summed E-state index contributed by atoms with van der Waals surface area (Å²) in [5.41, 5.74) is 1.44. The average Bonchev–Trinajstić information content (AvgIpc) is 2.10. The number of benzene rings is 1. The Labute approximate surface area is 88.3 Å². The SMILES string of the molecule is CC1(C)CCNc2c(F)ccc(Cl)c21. The van der Waals surface area contributed by atoms with Crippen molar-refractivity contribution in [1.82, 2.24) is 0 Å². The van der Waals surface area contributed by atoms with E-state index in [4.69, 9.17) is 11.6 Å². The number of hydrogen-bond donors (Lipinski definition) is 1. The zero-order chi connectivity index (χ0) is 10.3. The average molecular weight is 214 g/mol. The Morgan fingerprint density at radius 1 is 1.43 bits per heavy atom. The molecular weight excluding hydrogens is 201 g/mol. The maximum Gasteiger partial charge on any atom is 0.146 e. The maximum atomic E-state index is 13.5. The molecule has 0 radical (unpaired) electrons. The summed E-state index contributed by atoms with van der Waals surface area (Å²) in [6.45, 7) is 4.99. The third-order valence-electron chi connectivity index (χ3n) is 2.83. The van der Waals surface area contributed by atoms with Crippen LogP contribution in [-0.4, -0.2) is 6.54 Å². The predicted octanol–water partition coefficient (Wildman–Crippen LogP) is 3.57. The van der Waals surface area contributed by atoms with Gasteiger partial charge >= 0.3 is 0 Å². The van der Waals surface area contributed by atoms with Crippen molar-refractivity contribution in [2.75, 3.05) is 11.9 Å². The lowest BCUT2D eigenvalue weighted by Gasteiger charge is -2.34. The third-order valence-corrected chi connectivity index (χ3v) is 3.15. The van der Waals surface area contributed by atoms with Gasteiger partial charge in [-0.15, -0.1) is 0 Å². The predicted molar refractivity (Wildman–Crippen MR) is 57.5 cm³/mol. The number of hydrogen-bond acceptors (Lipinski definition) is 1. The molecule has 3 heteroatoms. The van der Waals surface area contributed by atoms with Crippen molar-refractivity contribution in [3.63, 3.8) is 0 Å². The number of nitrogens with one attached hydrogen (secondary N) is 1. The molecule has 0 unspecified atom stereocenters. The summed E-state index contributed by atoms with van der Waals surface area (Å²) < 4.78 is 13.5.